The van der Waals surface area contributed by atoms with Crippen LogP contribution in [0, 0.1) is 0 Å². The van der Waals surface area contributed by atoms with Gasteiger partial charge in [0.2, 0.25) is 0 Å². The second-order valence-electron chi connectivity index (χ2n) is 6.04. The van der Waals surface area contributed by atoms with Gasteiger partial charge in [-0.25, -0.2) is 9.78 Å². The predicted molar refractivity (Wildman–Crippen MR) is 102 cm³/mol. The van der Waals surface area contributed by atoms with Gasteiger partial charge >= 0.3 is 5.97 Å². The molecule has 2 rings (SSSR count). The van der Waals surface area contributed by atoms with Gasteiger partial charge in [0.1, 0.15) is 11.4 Å². The smallest absolute Gasteiger partial charge is 0.354 e. The second kappa shape index (κ2) is 9.47. The van der Waals surface area contributed by atoms with Crippen LogP contribution < -0.4 is 5.32 Å². The van der Waals surface area contributed by atoms with E-state index in [0.717, 1.165) is 12.8 Å². The molecule has 142 valence electrons. The van der Waals surface area contributed by atoms with Gasteiger partial charge in [-0.3, -0.25) is 9.59 Å². The summed E-state index contributed by atoms with van der Waals surface area (Å²) in [6.45, 7) is 5.47. The minimum atomic E-state index is -1.20. The second-order valence-corrected chi connectivity index (χ2v) is 6.04. The first-order chi connectivity index (χ1) is 13.0. The summed E-state index contributed by atoms with van der Waals surface area (Å²) in [6, 6.07) is 10.8. The molecule has 0 fully saturated rings. The van der Waals surface area contributed by atoms with Crippen molar-refractivity contribution in [2.24, 2.45) is 0 Å². The molecule has 0 spiro atoms. The molecule has 2 N–H and O–H groups in total. The summed E-state index contributed by atoms with van der Waals surface area (Å²) in [5, 5.41) is 11.6. The van der Waals surface area contributed by atoms with Crippen LogP contribution in [0.2, 0.25) is 0 Å². The van der Waals surface area contributed by atoms with Crippen LogP contribution in [-0.4, -0.2) is 45.9 Å². The van der Waals surface area contributed by atoms with Crippen molar-refractivity contribution in [2.45, 2.75) is 26.7 Å². The lowest BCUT2D eigenvalue weighted by atomic mass is 10.1. The number of carboxylic acid groups (broad SMARTS) is 1. The summed E-state index contributed by atoms with van der Waals surface area (Å²) in [7, 11) is 0. The molecule has 0 atom stereocenters. The molecule has 7 heteroatoms. The third-order valence-corrected chi connectivity index (χ3v) is 3.86. The van der Waals surface area contributed by atoms with Gasteiger partial charge in [-0.15, -0.1) is 0 Å². The van der Waals surface area contributed by atoms with Crippen molar-refractivity contribution >= 4 is 23.5 Å². The molecule has 0 aliphatic carbocycles. The Morgan fingerprint density at radius 2 is 1.56 bits per heavy atom. The molecule has 0 unspecified atom stereocenters. The van der Waals surface area contributed by atoms with Gasteiger partial charge in [-0.05, 0) is 49.2 Å². The number of rotatable bonds is 8. The van der Waals surface area contributed by atoms with E-state index in [2.05, 4.69) is 10.3 Å². The van der Waals surface area contributed by atoms with E-state index < -0.39 is 11.9 Å². The number of nitrogens with zero attached hydrogens (tertiary/aromatic N) is 2. The maximum Gasteiger partial charge on any atom is 0.354 e. The highest BCUT2D eigenvalue weighted by molar-refractivity contribution is 6.03. The lowest BCUT2D eigenvalue weighted by molar-refractivity contribution is 0.0689. The highest BCUT2D eigenvalue weighted by Crippen LogP contribution is 2.13. The van der Waals surface area contributed by atoms with Crippen LogP contribution in [0.15, 0.2) is 42.5 Å². The van der Waals surface area contributed by atoms with Gasteiger partial charge in [0.25, 0.3) is 11.8 Å². The first kappa shape index (κ1) is 20.1. The van der Waals surface area contributed by atoms with Crippen LogP contribution in [0.3, 0.4) is 0 Å². The van der Waals surface area contributed by atoms with E-state index in [-0.39, 0.29) is 17.3 Å². The van der Waals surface area contributed by atoms with Crippen LogP contribution >= 0.6 is 0 Å². The van der Waals surface area contributed by atoms with Gasteiger partial charge in [-0.1, -0.05) is 19.9 Å². The van der Waals surface area contributed by atoms with Crippen LogP contribution in [0.4, 0.5) is 5.69 Å². The third-order valence-electron chi connectivity index (χ3n) is 3.86. The molecule has 2 aromatic rings. The van der Waals surface area contributed by atoms with Gasteiger partial charge in [0.15, 0.2) is 0 Å². The molecule has 0 bridgehead atoms. The largest absolute Gasteiger partial charge is 0.477 e. The summed E-state index contributed by atoms with van der Waals surface area (Å²) in [5.41, 5.74) is 0.861. The molecule has 2 amide bonds. The number of pyridine rings is 1. The number of aromatic carboxylic acids is 1. The maximum atomic E-state index is 12.6. The Kier molecular flexibility index (Phi) is 7.05. The molecule has 1 aromatic carbocycles. The predicted octanol–water partition coefficient (Wildman–Crippen LogP) is 3.29. The first-order valence-corrected chi connectivity index (χ1v) is 8.87. The highest BCUT2D eigenvalue weighted by Gasteiger charge is 2.15. The van der Waals surface area contributed by atoms with Crippen molar-refractivity contribution in [3.05, 3.63) is 59.4 Å². The Balaban J connectivity index is 2.08. The molecular formula is C20H23N3O4. The minimum absolute atomic E-state index is 0.00659. The number of nitrogens with one attached hydrogen (secondary N) is 1. The zero-order valence-electron chi connectivity index (χ0n) is 15.4. The van der Waals surface area contributed by atoms with Crippen LogP contribution in [0.5, 0.6) is 0 Å². The molecule has 27 heavy (non-hydrogen) atoms. The summed E-state index contributed by atoms with van der Waals surface area (Å²) < 4.78 is 0. The SMILES string of the molecule is CCCN(CCC)C(=O)c1ccc(NC(=O)c2cccc(C(=O)O)n2)cc1. The van der Waals surface area contributed by atoms with Crippen molar-refractivity contribution in [1.82, 2.24) is 9.88 Å². The zero-order valence-corrected chi connectivity index (χ0v) is 15.4. The van der Waals surface area contributed by atoms with Crippen molar-refractivity contribution in [2.75, 3.05) is 18.4 Å². The van der Waals surface area contributed by atoms with Gasteiger partial charge in [0.05, 0.1) is 0 Å². The van der Waals surface area contributed by atoms with E-state index in [9.17, 15) is 14.4 Å². The van der Waals surface area contributed by atoms with E-state index in [1.807, 2.05) is 18.7 Å². The Bertz CT molecular complexity index is 812. The molecule has 0 saturated heterocycles. The lowest BCUT2D eigenvalue weighted by Gasteiger charge is -2.21. The topological polar surface area (TPSA) is 99.6 Å². The summed E-state index contributed by atoms with van der Waals surface area (Å²) in [4.78, 5) is 41.4. The fraction of sp³-hybridized carbons (Fsp3) is 0.300. The van der Waals surface area contributed by atoms with Crippen molar-refractivity contribution in [1.29, 1.82) is 0 Å². The minimum Gasteiger partial charge on any atom is -0.477 e. The van der Waals surface area contributed by atoms with E-state index >= 15 is 0 Å². The quantitative estimate of drug-likeness (QED) is 0.744. The number of aromatic nitrogens is 1. The van der Waals surface area contributed by atoms with Crippen LogP contribution in [0.25, 0.3) is 0 Å². The number of benzene rings is 1. The highest BCUT2D eigenvalue weighted by atomic mass is 16.4. The summed E-state index contributed by atoms with van der Waals surface area (Å²) in [6.07, 6.45) is 1.78. The number of carbonyl (C=O) groups excluding carboxylic acids is 2. The molecule has 0 radical (unpaired) electrons. The molecule has 7 nitrogen and oxygen atoms in total. The van der Waals surface area contributed by atoms with Crippen LogP contribution in [0.1, 0.15) is 58.0 Å². The van der Waals surface area contributed by atoms with Crippen molar-refractivity contribution < 1.29 is 19.5 Å². The van der Waals surface area contributed by atoms with E-state index in [1.165, 1.54) is 18.2 Å². The number of hydrogen-bond acceptors (Lipinski definition) is 4. The Morgan fingerprint density at radius 1 is 0.963 bits per heavy atom. The summed E-state index contributed by atoms with van der Waals surface area (Å²) >= 11 is 0. The first-order valence-electron chi connectivity index (χ1n) is 8.87. The molecule has 1 heterocycles. The summed E-state index contributed by atoms with van der Waals surface area (Å²) in [5.74, 6) is -1.75. The lowest BCUT2D eigenvalue weighted by Crippen LogP contribution is -2.32. The molecule has 1 aromatic heterocycles. The van der Waals surface area contributed by atoms with Crippen molar-refractivity contribution in [3.8, 4) is 0 Å². The zero-order chi connectivity index (χ0) is 19.8. The van der Waals surface area contributed by atoms with Crippen molar-refractivity contribution in [3.63, 3.8) is 0 Å². The average molecular weight is 369 g/mol. The normalized spacial score (nSPS) is 10.3. The number of carbonyl (C=O) groups is 3. The van der Waals surface area contributed by atoms with Crippen LogP contribution in [-0.2, 0) is 0 Å². The third kappa shape index (κ3) is 5.37. The molecule has 0 saturated carbocycles. The van der Waals surface area contributed by atoms with Gasteiger partial charge in [0, 0.05) is 24.3 Å². The fourth-order valence-corrected chi connectivity index (χ4v) is 2.61. The van der Waals surface area contributed by atoms with Gasteiger partial charge < -0.3 is 15.3 Å². The number of anilines is 1. The Hall–Kier alpha value is -3.22. The number of carboxylic acids is 1. The fourth-order valence-electron chi connectivity index (χ4n) is 2.61. The van der Waals surface area contributed by atoms with E-state index in [4.69, 9.17) is 5.11 Å². The standard InChI is InChI=1S/C20H23N3O4/c1-3-12-23(13-4-2)19(25)14-8-10-15(11-9-14)21-18(24)16-6-5-7-17(22-16)20(26)27/h5-11H,3-4,12-13H2,1-2H3,(H,21,24)(H,26,27). The maximum absolute atomic E-state index is 12.6. The molecular weight excluding hydrogens is 346 g/mol. The van der Waals surface area contributed by atoms with E-state index in [0.29, 0.717) is 24.3 Å². The Labute approximate surface area is 158 Å². The average Bonchev–Trinajstić information content (AvgIpc) is 2.68. The van der Waals surface area contributed by atoms with E-state index in [1.54, 1.807) is 24.3 Å². The van der Waals surface area contributed by atoms with Gasteiger partial charge in [-0.2, -0.15) is 0 Å². The molecule has 0 aliphatic rings. The number of amides is 2. The molecule has 0 aliphatic heterocycles. The number of hydrogen-bond donors (Lipinski definition) is 2. The monoisotopic (exact) mass is 369 g/mol. The Morgan fingerprint density at radius 3 is 2.11 bits per heavy atom.